The summed E-state index contributed by atoms with van der Waals surface area (Å²) in [5, 5.41) is 0. The molecule has 0 fully saturated rings. The van der Waals surface area contributed by atoms with Gasteiger partial charge in [0, 0.05) is 18.0 Å². The van der Waals surface area contributed by atoms with Crippen LogP contribution < -0.4 is 0 Å². The van der Waals surface area contributed by atoms with E-state index in [0.29, 0.717) is 5.56 Å². The Bertz CT molecular complexity index is 495. The summed E-state index contributed by atoms with van der Waals surface area (Å²) in [6.45, 7) is 1.90. The Morgan fingerprint density at radius 2 is 1.87 bits per heavy atom. The van der Waals surface area contributed by atoms with E-state index in [1.807, 2.05) is 13.0 Å². The van der Waals surface area contributed by atoms with Crippen LogP contribution in [0.2, 0.25) is 0 Å². The maximum absolute atomic E-state index is 13.0. The molecule has 0 spiro atoms. The molecular formula is C12H9F2N. The van der Waals surface area contributed by atoms with Crippen LogP contribution in [0.5, 0.6) is 0 Å². The second-order valence-corrected chi connectivity index (χ2v) is 3.32. The highest BCUT2D eigenvalue weighted by atomic mass is 19.2. The van der Waals surface area contributed by atoms with E-state index in [0.717, 1.165) is 17.2 Å². The van der Waals surface area contributed by atoms with E-state index in [4.69, 9.17) is 0 Å². The van der Waals surface area contributed by atoms with Crippen molar-refractivity contribution >= 4 is 0 Å². The largest absolute Gasteiger partial charge is 0.264 e. The predicted octanol–water partition coefficient (Wildman–Crippen LogP) is 3.34. The normalized spacial score (nSPS) is 10.3. The zero-order chi connectivity index (χ0) is 10.8. The minimum absolute atomic E-state index is 0.638. The number of hydrogen-bond donors (Lipinski definition) is 0. The first-order chi connectivity index (χ1) is 7.18. The quantitative estimate of drug-likeness (QED) is 0.695. The van der Waals surface area contributed by atoms with Gasteiger partial charge in [0.15, 0.2) is 11.6 Å². The summed E-state index contributed by atoms with van der Waals surface area (Å²) >= 11 is 0. The van der Waals surface area contributed by atoms with E-state index in [9.17, 15) is 8.78 Å². The van der Waals surface area contributed by atoms with Gasteiger partial charge in [-0.25, -0.2) is 8.78 Å². The first-order valence-corrected chi connectivity index (χ1v) is 4.54. The number of hydrogen-bond acceptors (Lipinski definition) is 1. The van der Waals surface area contributed by atoms with E-state index in [1.165, 1.54) is 6.07 Å². The van der Waals surface area contributed by atoms with E-state index >= 15 is 0 Å². The van der Waals surface area contributed by atoms with Gasteiger partial charge in [-0.15, -0.1) is 0 Å². The number of pyridine rings is 1. The molecule has 0 saturated heterocycles. The number of nitrogens with zero attached hydrogens (tertiary/aromatic N) is 1. The number of benzene rings is 1. The minimum Gasteiger partial charge on any atom is -0.264 e. The Kier molecular flexibility index (Phi) is 2.46. The SMILES string of the molecule is Cc1ccncc1-c1ccc(F)c(F)c1. The van der Waals surface area contributed by atoms with Gasteiger partial charge in [0.1, 0.15) is 0 Å². The summed E-state index contributed by atoms with van der Waals surface area (Å²) in [6, 6.07) is 5.68. The molecule has 0 radical (unpaired) electrons. The first kappa shape index (κ1) is 9.77. The zero-order valence-electron chi connectivity index (χ0n) is 8.17. The molecular weight excluding hydrogens is 196 g/mol. The Labute approximate surface area is 86.4 Å². The Balaban J connectivity index is 2.55. The van der Waals surface area contributed by atoms with Crippen molar-refractivity contribution in [1.82, 2.24) is 4.98 Å². The van der Waals surface area contributed by atoms with Crippen LogP contribution in [-0.2, 0) is 0 Å². The highest BCUT2D eigenvalue weighted by molar-refractivity contribution is 5.65. The Morgan fingerprint density at radius 3 is 2.53 bits per heavy atom. The monoisotopic (exact) mass is 205 g/mol. The lowest BCUT2D eigenvalue weighted by atomic mass is 10.0. The third kappa shape index (κ3) is 1.86. The van der Waals surface area contributed by atoms with Crippen LogP contribution in [0.1, 0.15) is 5.56 Å². The molecule has 15 heavy (non-hydrogen) atoms. The lowest BCUT2D eigenvalue weighted by molar-refractivity contribution is 0.509. The van der Waals surface area contributed by atoms with Gasteiger partial charge in [-0.3, -0.25) is 4.98 Å². The van der Waals surface area contributed by atoms with E-state index in [2.05, 4.69) is 4.98 Å². The molecule has 2 aromatic rings. The van der Waals surface area contributed by atoms with Crippen LogP contribution in [0.3, 0.4) is 0 Å². The van der Waals surface area contributed by atoms with Crippen molar-refractivity contribution in [3.05, 3.63) is 53.9 Å². The van der Waals surface area contributed by atoms with Crippen molar-refractivity contribution in [2.45, 2.75) is 6.92 Å². The molecule has 0 N–H and O–H groups in total. The van der Waals surface area contributed by atoms with Crippen LogP contribution >= 0.6 is 0 Å². The maximum Gasteiger partial charge on any atom is 0.159 e. The smallest absolute Gasteiger partial charge is 0.159 e. The molecule has 0 bridgehead atoms. The van der Waals surface area contributed by atoms with Crippen molar-refractivity contribution in [1.29, 1.82) is 0 Å². The average Bonchev–Trinajstić information content (AvgIpc) is 2.23. The van der Waals surface area contributed by atoms with Crippen molar-refractivity contribution in [3.8, 4) is 11.1 Å². The number of halogens is 2. The molecule has 1 aromatic heterocycles. The van der Waals surface area contributed by atoms with Crippen molar-refractivity contribution in [2.75, 3.05) is 0 Å². The van der Waals surface area contributed by atoms with Gasteiger partial charge < -0.3 is 0 Å². The summed E-state index contributed by atoms with van der Waals surface area (Å²) in [5.74, 6) is -1.67. The second kappa shape index (κ2) is 3.77. The molecule has 0 atom stereocenters. The third-order valence-electron chi connectivity index (χ3n) is 2.27. The number of aromatic nitrogens is 1. The van der Waals surface area contributed by atoms with Crippen LogP contribution in [0.15, 0.2) is 36.7 Å². The van der Waals surface area contributed by atoms with E-state index < -0.39 is 11.6 Å². The molecule has 2 rings (SSSR count). The Hall–Kier alpha value is -1.77. The summed E-state index contributed by atoms with van der Waals surface area (Å²) in [4.78, 5) is 3.96. The standard InChI is InChI=1S/C12H9F2N/c1-8-4-5-15-7-10(8)9-2-3-11(13)12(14)6-9/h2-7H,1H3. The number of aryl methyl sites for hydroxylation is 1. The highest BCUT2D eigenvalue weighted by Gasteiger charge is 2.06. The Morgan fingerprint density at radius 1 is 1.07 bits per heavy atom. The summed E-state index contributed by atoms with van der Waals surface area (Å²) in [5.41, 5.74) is 2.44. The molecule has 0 saturated carbocycles. The van der Waals surface area contributed by atoms with Crippen molar-refractivity contribution in [3.63, 3.8) is 0 Å². The van der Waals surface area contributed by atoms with Gasteiger partial charge >= 0.3 is 0 Å². The van der Waals surface area contributed by atoms with Gasteiger partial charge in [0.25, 0.3) is 0 Å². The van der Waals surface area contributed by atoms with Crippen LogP contribution in [0.4, 0.5) is 8.78 Å². The second-order valence-electron chi connectivity index (χ2n) is 3.32. The molecule has 0 aliphatic heterocycles. The third-order valence-corrected chi connectivity index (χ3v) is 2.27. The lowest BCUT2D eigenvalue weighted by Gasteiger charge is -2.04. The molecule has 0 unspecified atom stereocenters. The van der Waals surface area contributed by atoms with Crippen LogP contribution in [0, 0.1) is 18.6 Å². The molecule has 0 aliphatic carbocycles. The van der Waals surface area contributed by atoms with Gasteiger partial charge in [0.05, 0.1) is 0 Å². The molecule has 0 aliphatic rings. The first-order valence-electron chi connectivity index (χ1n) is 4.54. The van der Waals surface area contributed by atoms with Gasteiger partial charge in [-0.2, -0.15) is 0 Å². The fourth-order valence-electron chi connectivity index (χ4n) is 1.43. The van der Waals surface area contributed by atoms with Gasteiger partial charge in [0.2, 0.25) is 0 Å². The molecule has 0 amide bonds. The molecule has 1 nitrogen and oxygen atoms in total. The molecule has 1 heterocycles. The lowest BCUT2D eigenvalue weighted by Crippen LogP contribution is -1.88. The summed E-state index contributed by atoms with van der Waals surface area (Å²) in [7, 11) is 0. The average molecular weight is 205 g/mol. The number of rotatable bonds is 1. The summed E-state index contributed by atoms with van der Waals surface area (Å²) < 4.78 is 25.7. The van der Waals surface area contributed by atoms with E-state index in [-0.39, 0.29) is 0 Å². The minimum atomic E-state index is -0.837. The predicted molar refractivity (Wildman–Crippen MR) is 54.3 cm³/mol. The van der Waals surface area contributed by atoms with Crippen molar-refractivity contribution < 1.29 is 8.78 Å². The van der Waals surface area contributed by atoms with Crippen LogP contribution in [-0.4, -0.2) is 4.98 Å². The topological polar surface area (TPSA) is 12.9 Å². The molecule has 76 valence electrons. The fraction of sp³-hybridized carbons (Fsp3) is 0.0833. The van der Waals surface area contributed by atoms with Crippen molar-refractivity contribution in [2.24, 2.45) is 0 Å². The maximum atomic E-state index is 13.0. The van der Waals surface area contributed by atoms with Crippen LogP contribution in [0.25, 0.3) is 11.1 Å². The highest BCUT2D eigenvalue weighted by Crippen LogP contribution is 2.23. The zero-order valence-corrected chi connectivity index (χ0v) is 8.17. The summed E-state index contributed by atoms with van der Waals surface area (Å²) in [6.07, 6.45) is 3.31. The molecule has 1 aromatic carbocycles. The molecule has 3 heteroatoms. The van der Waals surface area contributed by atoms with E-state index in [1.54, 1.807) is 18.5 Å². The fourth-order valence-corrected chi connectivity index (χ4v) is 1.43. The van der Waals surface area contributed by atoms with Gasteiger partial charge in [-0.05, 0) is 36.2 Å². The van der Waals surface area contributed by atoms with Gasteiger partial charge in [-0.1, -0.05) is 6.07 Å².